The summed E-state index contributed by atoms with van der Waals surface area (Å²) < 4.78 is 31.0. The normalized spacial score (nSPS) is 10.4. The van der Waals surface area contributed by atoms with E-state index in [9.17, 15) is 28.6 Å². The minimum absolute atomic E-state index is 0.134. The third-order valence-electron chi connectivity index (χ3n) is 2.71. The Bertz CT molecular complexity index is 902. The lowest BCUT2D eigenvalue weighted by Crippen LogP contribution is -2.10. The maximum absolute atomic E-state index is 10.4. The number of aryl methyl sites for hydroxylation is 1. The molecule has 0 saturated carbocycles. The molecule has 0 bridgehead atoms. The van der Waals surface area contributed by atoms with Gasteiger partial charge in [-0.25, -0.2) is 0 Å². The SMILES string of the molecule is Cc1ccccc1[N+](=O)[O-].O=[N+]([O-])c1ccc(NS(=O)(=O)O)c(Cl)c1. The van der Waals surface area contributed by atoms with Gasteiger partial charge in [0, 0.05) is 23.8 Å². The third kappa shape index (κ3) is 6.71. The van der Waals surface area contributed by atoms with E-state index in [0.717, 1.165) is 18.2 Å². The highest BCUT2D eigenvalue weighted by Crippen LogP contribution is 2.27. The van der Waals surface area contributed by atoms with E-state index >= 15 is 0 Å². The van der Waals surface area contributed by atoms with Gasteiger partial charge in [0.1, 0.15) is 0 Å². The standard InChI is InChI=1S/C7H7NO2.C6H5ClN2O5S/c1-6-4-2-3-5-7(6)8(9)10;7-5-3-4(9(10)11)1-2-6(5)8-15(12,13)14/h2-5H,1H3;1-3,8H,(H,12,13,14). The summed E-state index contributed by atoms with van der Waals surface area (Å²) in [7, 11) is -4.44. The summed E-state index contributed by atoms with van der Waals surface area (Å²) in [4.78, 5) is 19.5. The van der Waals surface area contributed by atoms with Gasteiger partial charge < -0.3 is 0 Å². The second kappa shape index (κ2) is 8.37. The van der Waals surface area contributed by atoms with E-state index in [1.807, 2.05) is 0 Å². The molecule has 2 rings (SSSR count). The number of hydrogen-bond acceptors (Lipinski definition) is 6. The molecule has 0 aliphatic carbocycles. The number of nitro groups is 2. The minimum atomic E-state index is -4.44. The zero-order valence-corrected chi connectivity index (χ0v) is 14.2. The van der Waals surface area contributed by atoms with E-state index in [0.29, 0.717) is 5.56 Å². The zero-order valence-electron chi connectivity index (χ0n) is 12.6. The monoisotopic (exact) mass is 389 g/mol. The molecule has 0 aromatic heterocycles. The molecule has 0 unspecified atom stereocenters. The van der Waals surface area contributed by atoms with E-state index in [1.165, 1.54) is 6.07 Å². The average molecular weight is 390 g/mol. The highest BCUT2D eigenvalue weighted by molar-refractivity contribution is 7.87. The summed E-state index contributed by atoms with van der Waals surface area (Å²) >= 11 is 5.54. The van der Waals surface area contributed by atoms with Crippen LogP contribution in [0.5, 0.6) is 0 Å². The number of rotatable bonds is 4. The fourth-order valence-corrected chi connectivity index (χ4v) is 2.34. The van der Waals surface area contributed by atoms with Crippen molar-refractivity contribution in [2.45, 2.75) is 6.92 Å². The van der Waals surface area contributed by atoms with Crippen molar-refractivity contribution >= 4 is 39.0 Å². The summed E-state index contributed by atoms with van der Waals surface area (Å²) in [6.45, 7) is 1.72. The first-order valence-corrected chi connectivity index (χ1v) is 8.22. The van der Waals surface area contributed by atoms with Crippen molar-refractivity contribution in [2.24, 2.45) is 0 Å². The molecule has 0 amide bonds. The number of para-hydroxylation sites is 1. The van der Waals surface area contributed by atoms with Gasteiger partial charge in [-0.05, 0) is 13.0 Å². The quantitative estimate of drug-likeness (QED) is 0.461. The van der Waals surface area contributed by atoms with E-state index in [4.69, 9.17) is 16.2 Å². The molecule has 0 saturated heterocycles. The van der Waals surface area contributed by atoms with Crippen LogP contribution >= 0.6 is 11.6 Å². The molecule has 25 heavy (non-hydrogen) atoms. The molecule has 0 spiro atoms. The molecule has 10 nitrogen and oxygen atoms in total. The first-order chi connectivity index (χ1) is 11.5. The van der Waals surface area contributed by atoms with Crippen molar-refractivity contribution in [1.29, 1.82) is 0 Å². The molecular formula is C13H12ClN3O7S. The van der Waals surface area contributed by atoms with E-state index in [2.05, 4.69) is 0 Å². The Balaban J connectivity index is 0.000000271. The zero-order chi connectivity index (χ0) is 19.2. The predicted octanol–water partition coefficient (Wildman–Crippen LogP) is 3.37. The summed E-state index contributed by atoms with van der Waals surface area (Å²) in [5.74, 6) is 0. The molecule has 2 aromatic carbocycles. The Morgan fingerprint density at radius 3 is 2.08 bits per heavy atom. The molecule has 0 fully saturated rings. The number of nitro benzene ring substituents is 2. The number of nitrogens with one attached hydrogen (secondary N) is 1. The lowest BCUT2D eigenvalue weighted by Gasteiger charge is -2.03. The molecule has 0 aliphatic heterocycles. The molecule has 0 heterocycles. The number of benzene rings is 2. The smallest absolute Gasteiger partial charge is 0.269 e. The molecule has 12 heteroatoms. The van der Waals surface area contributed by atoms with Crippen LogP contribution in [0.25, 0.3) is 0 Å². The van der Waals surface area contributed by atoms with E-state index < -0.39 is 15.2 Å². The van der Waals surface area contributed by atoms with Gasteiger partial charge in [0.15, 0.2) is 0 Å². The lowest BCUT2D eigenvalue weighted by molar-refractivity contribution is -0.385. The van der Waals surface area contributed by atoms with E-state index in [-0.39, 0.29) is 27.0 Å². The minimum Gasteiger partial charge on any atom is -0.269 e. The maximum atomic E-state index is 10.4. The van der Waals surface area contributed by atoms with Crippen molar-refractivity contribution in [3.8, 4) is 0 Å². The third-order valence-corrected chi connectivity index (χ3v) is 3.51. The van der Waals surface area contributed by atoms with Gasteiger partial charge in [0.25, 0.3) is 11.4 Å². The van der Waals surface area contributed by atoms with Crippen LogP contribution in [0.3, 0.4) is 0 Å². The highest BCUT2D eigenvalue weighted by atomic mass is 35.5. The van der Waals surface area contributed by atoms with Crippen LogP contribution in [-0.2, 0) is 10.3 Å². The van der Waals surface area contributed by atoms with E-state index in [1.54, 1.807) is 29.8 Å². The molecule has 0 radical (unpaired) electrons. The predicted molar refractivity (Wildman–Crippen MR) is 91.1 cm³/mol. The lowest BCUT2D eigenvalue weighted by atomic mass is 10.2. The number of non-ortho nitro benzene ring substituents is 1. The van der Waals surface area contributed by atoms with Gasteiger partial charge in [0.05, 0.1) is 20.6 Å². The van der Waals surface area contributed by atoms with Crippen molar-refractivity contribution in [3.05, 3.63) is 73.3 Å². The van der Waals surface area contributed by atoms with Crippen LogP contribution in [-0.4, -0.2) is 22.8 Å². The first kappa shape index (κ1) is 20.3. The maximum Gasteiger partial charge on any atom is 0.357 e. The van der Waals surface area contributed by atoms with Gasteiger partial charge in [-0.1, -0.05) is 29.8 Å². The number of halogens is 1. The average Bonchev–Trinajstić information content (AvgIpc) is 2.48. The van der Waals surface area contributed by atoms with Crippen LogP contribution in [0.2, 0.25) is 5.02 Å². The Hall–Kier alpha value is -2.76. The topological polar surface area (TPSA) is 153 Å². The van der Waals surface area contributed by atoms with Crippen molar-refractivity contribution in [1.82, 2.24) is 0 Å². The Morgan fingerprint density at radius 2 is 1.68 bits per heavy atom. The molecule has 0 atom stereocenters. The van der Waals surface area contributed by atoms with Crippen molar-refractivity contribution in [2.75, 3.05) is 4.72 Å². The van der Waals surface area contributed by atoms with Crippen LogP contribution in [0.15, 0.2) is 42.5 Å². The second-order valence-electron chi connectivity index (χ2n) is 4.54. The highest BCUT2D eigenvalue weighted by Gasteiger charge is 2.12. The molecule has 2 aromatic rings. The number of anilines is 1. The van der Waals surface area contributed by atoms with Gasteiger partial charge in [0.2, 0.25) is 0 Å². The molecule has 134 valence electrons. The second-order valence-corrected chi connectivity index (χ2v) is 6.10. The Morgan fingerprint density at radius 1 is 1.08 bits per heavy atom. The van der Waals surface area contributed by atoms with Crippen LogP contribution in [0.1, 0.15) is 5.56 Å². The van der Waals surface area contributed by atoms with Gasteiger partial charge >= 0.3 is 10.3 Å². The van der Waals surface area contributed by atoms with Gasteiger partial charge in [-0.15, -0.1) is 0 Å². The Labute approximate surface area is 147 Å². The first-order valence-electron chi connectivity index (χ1n) is 6.40. The Kier molecular flexibility index (Phi) is 6.79. The molecule has 0 aliphatic rings. The van der Waals surface area contributed by atoms with Crippen LogP contribution < -0.4 is 4.72 Å². The molecular weight excluding hydrogens is 378 g/mol. The van der Waals surface area contributed by atoms with Crippen LogP contribution in [0, 0.1) is 27.2 Å². The summed E-state index contributed by atoms with van der Waals surface area (Å²) in [6, 6.07) is 9.75. The van der Waals surface area contributed by atoms with Crippen molar-refractivity contribution in [3.63, 3.8) is 0 Å². The number of nitrogens with zero attached hydrogens (tertiary/aromatic N) is 2. The summed E-state index contributed by atoms with van der Waals surface area (Å²) in [5, 5.41) is 20.4. The van der Waals surface area contributed by atoms with Gasteiger partial charge in [-0.2, -0.15) is 8.42 Å². The molecule has 2 N–H and O–H groups in total. The fourth-order valence-electron chi connectivity index (χ4n) is 1.61. The summed E-state index contributed by atoms with van der Waals surface area (Å²) in [6.07, 6.45) is 0. The van der Waals surface area contributed by atoms with Gasteiger partial charge in [-0.3, -0.25) is 29.5 Å². The summed E-state index contributed by atoms with van der Waals surface area (Å²) in [5.41, 5.74) is 0.473. The largest absolute Gasteiger partial charge is 0.357 e. The number of hydrogen-bond donors (Lipinski definition) is 2. The van der Waals surface area contributed by atoms with Crippen molar-refractivity contribution < 1.29 is 22.8 Å². The van der Waals surface area contributed by atoms with Crippen LogP contribution in [0.4, 0.5) is 17.1 Å². The fraction of sp³-hybridized carbons (Fsp3) is 0.0769.